The van der Waals surface area contributed by atoms with Crippen molar-refractivity contribution in [1.82, 2.24) is 10.3 Å². The van der Waals surface area contributed by atoms with Crippen molar-refractivity contribution < 1.29 is 38.4 Å². The molecule has 2 fully saturated rings. The fourth-order valence-corrected chi connectivity index (χ4v) is 5.91. The second-order valence-corrected chi connectivity index (χ2v) is 14.8. The molecule has 48 heavy (non-hydrogen) atoms. The van der Waals surface area contributed by atoms with E-state index in [2.05, 4.69) is 15.3 Å². The van der Waals surface area contributed by atoms with Crippen LogP contribution in [-0.2, 0) is 38.9 Å². The number of carbonyl (C=O) groups is 3. The standard InChI is InChI=1S/C35H57N5O8/c1-8-9-18-46-34(5,6)32(44)40-30(38-21-36)23-16-17-25(39-23)35(7)29(42)27(47-31(43)28(37)33(2,3)4)24(48-35)20-45-26(41)19-22-14-12-10-11-13-15-22/h16-17,21-22,24,27-29,39,42H,8-15,18-20,37H2,1-7H3,(H2,36,38,40,44)/t24-,27-,28-,29-,35+/m1/s1. The van der Waals surface area contributed by atoms with Gasteiger partial charge in [-0.25, -0.2) is 4.99 Å². The van der Waals surface area contributed by atoms with Crippen LogP contribution in [-0.4, -0.2) is 83.3 Å². The Bertz CT molecular complexity index is 1280. The van der Waals surface area contributed by atoms with Gasteiger partial charge in [-0.05, 0) is 63.5 Å². The average Bonchev–Trinajstić information content (AvgIpc) is 3.50. The fourth-order valence-electron chi connectivity index (χ4n) is 5.91. The van der Waals surface area contributed by atoms with E-state index in [1.807, 2.05) is 27.7 Å². The number of nitrogens with one attached hydrogen (secondary N) is 3. The first-order valence-corrected chi connectivity index (χ1v) is 17.2. The molecule has 5 atom stereocenters. The largest absolute Gasteiger partial charge is 0.463 e. The van der Waals surface area contributed by atoms with Gasteiger partial charge in [-0.3, -0.25) is 19.8 Å². The molecule has 0 aromatic carbocycles. The summed E-state index contributed by atoms with van der Waals surface area (Å²) in [5.74, 6) is -1.20. The lowest BCUT2D eigenvalue weighted by molar-refractivity contribution is -0.163. The molecule has 1 aromatic rings. The van der Waals surface area contributed by atoms with E-state index in [0.29, 0.717) is 24.4 Å². The molecule has 3 rings (SSSR count). The van der Waals surface area contributed by atoms with Crippen molar-refractivity contribution in [3.05, 3.63) is 23.5 Å². The topological polar surface area (TPSA) is 198 Å². The number of H-pyrrole nitrogens is 1. The first-order valence-electron chi connectivity index (χ1n) is 17.2. The number of aliphatic hydroxyl groups excluding tert-OH is 1. The Morgan fingerprint density at radius 2 is 1.85 bits per heavy atom. The van der Waals surface area contributed by atoms with Crippen LogP contribution in [0.15, 0.2) is 17.1 Å². The van der Waals surface area contributed by atoms with E-state index in [-0.39, 0.29) is 24.3 Å². The predicted octanol–water partition coefficient (Wildman–Crippen LogP) is 4.24. The van der Waals surface area contributed by atoms with Crippen LogP contribution in [0, 0.1) is 16.7 Å². The summed E-state index contributed by atoms with van der Waals surface area (Å²) < 4.78 is 23.6. The van der Waals surface area contributed by atoms with Crippen molar-refractivity contribution in [3.8, 4) is 0 Å². The van der Waals surface area contributed by atoms with Crippen molar-refractivity contribution >= 4 is 30.0 Å². The third-order valence-electron chi connectivity index (χ3n) is 9.33. The third-order valence-corrected chi connectivity index (χ3v) is 9.33. The van der Waals surface area contributed by atoms with Crippen LogP contribution < -0.4 is 11.1 Å². The Morgan fingerprint density at radius 1 is 1.19 bits per heavy atom. The first kappa shape index (κ1) is 39.3. The van der Waals surface area contributed by atoms with E-state index >= 15 is 0 Å². The van der Waals surface area contributed by atoms with Gasteiger partial charge < -0.3 is 40.1 Å². The average molecular weight is 676 g/mol. The Morgan fingerprint density at radius 3 is 2.46 bits per heavy atom. The Labute approximate surface area is 284 Å². The number of hydrogen-bond donors (Lipinski definition) is 5. The number of rotatable bonds is 14. The van der Waals surface area contributed by atoms with Crippen molar-refractivity contribution in [2.75, 3.05) is 13.2 Å². The molecule has 1 saturated heterocycles. The number of aromatic nitrogens is 1. The van der Waals surface area contributed by atoms with Gasteiger partial charge in [-0.2, -0.15) is 0 Å². The molecule has 6 N–H and O–H groups in total. The van der Waals surface area contributed by atoms with E-state index in [9.17, 15) is 19.5 Å². The Balaban J connectivity index is 1.83. The lowest BCUT2D eigenvalue weighted by atomic mass is 9.87. The van der Waals surface area contributed by atoms with Crippen LogP contribution in [0.3, 0.4) is 0 Å². The highest BCUT2D eigenvalue weighted by atomic mass is 16.6. The van der Waals surface area contributed by atoms with Gasteiger partial charge in [0.15, 0.2) is 11.9 Å². The first-order chi connectivity index (χ1) is 22.5. The summed E-state index contributed by atoms with van der Waals surface area (Å²) in [5, 5.41) is 22.0. The van der Waals surface area contributed by atoms with Gasteiger partial charge >= 0.3 is 11.9 Å². The minimum absolute atomic E-state index is 0.0626. The Kier molecular flexibility index (Phi) is 13.9. The third kappa shape index (κ3) is 10.2. The molecule has 1 aliphatic heterocycles. The number of aliphatic imine (C=N–C) groups is 1. The van der Waals surface area contributed by atoms with Gasteiger partial charge in [0, 0.05) is 13.0 Å². The van der Waals surface area contributed by atoms with Gasteiger partial charge in [-0.15, -0.1) is 0 Å². The van der Waals surface area contributed by atoms with Gasteiger partial charge in [0.2, 0.25) is 0 Å². The SMILES string of the molecule is CCCCOC(C)(C)C(=O)NC(=NC=N)c1ccc([C@]2(C)O[C@H](COC(=O)CC3CCCCCC3)[C@@H](OC(=O)[C@@H](N)C(C)(C)C)[C@H]2O)[nH]1. The highest BCUT2D eigenvalue weighted by Gasteiger charge is 2.56. The minimum atomic E-state index is -1.46. The van der Waals surface area contributed by atoms with Crippen LogP contribution in [0.5, 0.6) is 0 Å². The number of esters is 2. The van der Waals surface area contributed by atoms with Gasteiger partial charge in [0.1, 0.15) is 42.4 Å². The van der Waals surface area contributed by atoms with Crippen molar-refractivity contribution in [2.24, 2.45) is 22.1 Å². The summed E-state index contributed by atoms with van der Waals surface area (Å²) in [6.07, 6.45) is 5.74. The molecule has 0 unspecified atom stereocenters. The maximum absolute atomic E-state index is 13.1. The molecular weight excluding hydrogens is 618 g/mol. The molecule has 0 radical (unpaired) electrons. The van der Waals surface area contributed by atoms with Gasteiger partial charge in [-0.1, -0.05) is 59.8 Å². The number of aromatic amines is 1. The predicted molar refractivity (Wildman–Crippen MR) is 182 cm³/mol. The molecule has 13 nitrogen and oxygen atoms in total. The lowest BCUT2D eigenvalue weighted by Gasteiger charge is -2.29. The molecule has 2 heterocycles. The summed E-state index contributed by atoms with van der Waals surface area (Å²) in [6, 6.07) is 2.29. The minimum Gasteiger partial charge on any atom is -0.463 e. The van der Waals surface area contributed by atoms with E-state index in [4.69, 9.17) is 30.1 Å². The Hall–Kier alpha value is -3.13. The van der Waals surface area contributed by atoms with Crippen LogP contribution in [0.1, 0.15) is 118 Å². The smallest absolute Gasteiger partial charge is 0.323 e. The molecule has 0 spiro atoms. The van der Waals surface area contributed by atoms with Crippen LogP contribution in [0.25, 0.3) is 0 Å². The summed E-state index contributed by atoms with van der Waals surface area (Å²) in [5.41, 5.74) is 3.68. The van der Waals surface area contributed by atoms with Gasteiger partial charge in [0.25, 0.3) is 5.91 Å². The highest BCUT2D eigenvalue weighted by Crippen LogP contribution is 2.41. The number of ether oxygens (including phenoxy) is 4. The molecule has 270 valence electrons. The summed E-state index contributed by atoms with van der Waals surface area (Å²) in [7, 11) is 0. The van der Waals surface area contributed by atoms with Crippen molar-refractivity contribution in [2.45, 2.75) is 142 Å². The zero-order valence-electron chi connectivity index (χ0n) is 29.7. The van der Waals surface area contributed by atoms with Crippen LogP contribution >= 0.6 is 0 Å². The molecule has 0 bridgehead atoms. The molecule has 13 heteroatoms. The van der Waals surface area contributed by atoms with Crippen LogP contribution in [0.4, 0.5) is 0 Å². The quantitative estimate of drug-likeness (QED) is 0.0629. The zero-order chi connectivity index (χ0) is 35.7. The molecule has 1 aliphatic carbocycles. The number of amides is 1. The molecule has 1 saturated carbocycles. The molecular formula is C35H57N5O8. The van der Waals surface area contributed by atoms with Crippen molar-refractivity contribution in [3.63, 3.8) is 0 Å². The normalized spacial score (nSPS) is 24.9. The van der Waals surface area contributed by atoms with Crippen LogP contribution in [0.2, 0.25) is 0 Å². The number of hydrogen-bond acceptors (Lipinski definition) is 10. The monoisotopic (exact) mass is 675 g/mol. The molecule has 1 amide bonds. The lowest BCUT2D eigenvalue weighted by Crippen LogP contribution is -2.49. The molecule has 1 aromatic heterocycles. The highest BCUT2D eigenvalue weighted by molar-refractivity contribution is 6.10. The number of unbranched alkanes of at least 4 members (excludes halogenated alkanes) is 1. The number of aliphatic hydroxyl groups is 1. The maximum Gasteiger partial charge on any atom is 0.323 e. The number of nitrogens with zero attached hydrogens (tertiary/aromatic N) is 1. The van der Waals surface area contributed by atoms with E-state index in [0.717, 1.165) is 44.9 Å². The fraction of sp³-hybridized carbons (Fsp3) is 0.743. The summed E-state index contributed by atoms with van der Waals surface area (Å²) in [6.45, 7) is 12.6. The summed E-state index contributed by atoms with van der Waals surface area (Å²) >= 11 is 0. The zero-order valence-corrected chi connectivity index (χ0v) is 29.7. The number of nitrogens with two attached hydrogens (primary N) is 1. The number of carbonyl (C=O) groups excluding carboxylic acids is 3. The van der Waals surface area contributed by atoms with E-state index in [1.165, 1.54) is 12.8 Å². The van der Waals surface area contributed by atoms with Gasteiger partial charge in [0.05, 0.1) is 11.4 Å². The molecule has 2 aliphatic rings. The van der Waals surface area contributed by atoms with Crippen molar-refractivity contribution in [1.29, 1.82) is 5.41 Å². The second-order valence-electron chi connectivity index (χ2n) is 14.8. The second kappa shape index (κ2) is 17.0. The van der Waals surface area contributed by atoms with E-state index in [1.54, 1.807) is 32.9 Å². The van der Waals surface area contributed by atoms with E-state index < -0.39 is 52.8 Å². The number of amidine groups is 1. The summed E-state index contributed by atoms with van der Waals surface area (Å²) in [4.78, 5) is 46.3. The maximum atomic E-state index is 13.1.